The van der Waals surface area contributed by atoms with Gasteiger partial charge < -0.3 is 15.8 Å². The Balaban J connectivity index is 1.88. The van der Waals surface area contributed by atoms with Crippen LogP contribution >= 0.6 is 0 Å². The van der Waals surface area contributed by atoms with Gasteiger partial charge in [-0.25, -0.2) is 4.79 Å². The van der Waals surface area contributed by atoms with Gasteiger partial charge in [0.05, 0.1) is 0 Å². The van der Waals surface area contributed by atoms with E-state index in [9.17, 15) is 14.4 Å². The number of hydrogen-bond acceptors (Lipinski definition) is 4. The van der Waals surface area contributed by atoms with E-state index in [1.807, 2.05) is 62.4 Å². The van der Waals surface area contributed by atoms with Gasteiger partial charge in [0, 0.05) is 6.42 Å². The van der Waals surface area contributed by atoms with Crippen molar-refractivity contribution in [2.75, 3.05) is 6.61 Å². The van der Waals surface area contributed by atoms with Crippen LogP contribution in [0.5, 0.6) is 5.75 Å². The highest BCUT2D eigenvalue weighted by molar-refractivity contribution is 5.88. The maximum absolute atomic E-state index is 12.3. The van der Waals surface area contributed by atoms with Gasteiger partial charge in [0.1, 0.15) is 11.8 Å². The monoisotopic (exact) mass is 384 g/mol. The molecule has 2 aromatic rings. The lowest BCUT2D eigenvalue weighted by atomic mass is 10.1. The van der Waals surface area contributed by atoms with Crippen molar-refractivity contribution in [2.45, 2.75) is 26.3 Å². The molecule has 0 heterocycles. The van der Waals surface area contributed by atoms with Gasteiger partial charge in [-0.2, -0.15) is 0 Å². The smallest absolute Gasteiger partial charge is 0.312 e. The average Bonchev–Trinajstić information content (AvgIpc) is 2.65. The van der Waals surface area contributed by atoms with Crippen LogP contribution in [0.15, 0.2) is 48.5 Å². The number of carbonyl (C=O) groups excluding carboxylic acids is 3. The number of aryl methyl sites for hydroxylation is 2. The van der Waals surface area contributed by atoms with E-state index in [2.05, 4.69) is 16.2 Å². The van der Waals surface area contributed by atoms with Gasteiger partial charge in [-0.15, -0.1) is 0 Å². The molecular weight excluding hydrogens is 360 g/mol. The van der Waals surface area contributed by atoms with E-state index in [1.54, 1.807) is 0 Å². The second-order valence-electron chi connectivity index (χ2n) is 6.30. The average molecular weight is 384 g/mol. The van der Waals surface area contributed by atoms with E-state index < -0.39 is 23.9 Å². The molecule has 0 bridgehead atoms. The first kappa shape index (κ1) is 20.8. The summed E-state index contributed by atoms with van der Waals surface area (Å²) in [5, 5.41) is 2.37. The van der Waals surface area contributed by atoms with Crippen molar-refractivity contribution in [3.63, 3.8) is 0 Å². The Labute approximate surface area is 163 Å². The Bertz CT molecular complexity index is 819. The third-order valence-electron chi connectivity index (χ3n) is 4.00. The number of hydrazine groups is 1. The van der Waals surface area contributed by atoms with Crippen LogP contribution in [0.25, 0.3) is 0 Å². The van der Waals surface area contributed by atoms with Gasteiger partial charge in [0.25, 0.3) is 11.8 Å². The molecule has 1 atom stereocenters. The molecule has 0 aromatic heterocycles. The molecular formula is C20H24N4O4. The molecule has 1 unspecified atom stereocenters. The van der Waals surface area contributed by atoms with Crippen molar-refractivity contribution in [1.82, 2.24) is 16.2 Å². The van der Waals surface area contributed by atoms with Crippen molar-refractivity contribution in [3.8, 4) is 5.75 Å². The Morgan fingerprint density at radius 1 is 0.964 bits per heavy atom. The molecule has 0 aliphatic carbocycles. The molecule has 28 heavy (non-hydrogen) atoms. The number of benzene rings is 2. The van der Waals surface area contributed by atoms with Crippen LogP contribution in [0.2, 0.25) is 0 Å². The van der Waals surface area contributed by atoms with Gasteiger partial charge in [-0.1, -0.05) is 48.5 Å². The first-order valence-corrected chi connectivity index (χ1v) is 8.74. The normalized spacial score (nSPS) is 11.2. The number of hydrogen-bond donors (Lipinski definition) is 4. The number of para-hydroxylation sites is 1. The highest BCUT2D eigenvalue weighted by atomic mass is 16.5. The summed E-state index contributed by atoms with van der Waals surface area (Å²) in [6.45, 7) is 3.50. The molecule has 5 N–H and O–H groups in total. The van der Waals surface area contributed by atoms with Gasteiger partial charge in [0.15, 0.2) is 6.61 Å². The first-order valence-electron chi connectivity index (χ1n) is 8.74. The highest BCUT2D eigenvalue weighted by Crippen LogP contribution is 2.21. The highest BCUT2D eigenvalue weighted by Gasteiger charge is 2.21. The Hall–Kier alpha value is -3.55. The van der Waals surface area contributed by atoms with Gasteiger partial charge >= 0.3 is 6.03 Å². The van der Waals surface area contributed by atoms with Crippen LogP contribution in [0.1, 0.15) is 16.7 Å². The Morgan fingerprint density at radius 2 is 1.61 bits per heavy atom. The first-order chi connectivity index (χ1) is 13.4. The summed E-state index contributed by atoms with van der Waals surface area (Å²) in [7, 11) is 0. The number of primary amides is 1. The molecule has 2 aromatic carbocycles. The lowest BCUT2D eigenvalue weighted by molar-refractivity contribution is -0.130. The van der Waals surface area contributed by atoms with Crippen molar-refractivity contribution < 1.29 is 19.1 Å². The number of nitrogens with one attached hydrogen (secondary N) is 3. The second-order valence-corrected chi connectivity index (χ2v) is 6.30. The molecule has 0 saturated heterocycles. The summed E-state index contributed by atoms with van der Waals surface area (Å²) in [6.07, 6.45) is 0.227. The van der Waals surface area contributed by atoms with Gasteiger partial charge in [0.2, 0.25) is 0 Å². The quantitative estimate of drug-likeness (QED) is 0.534. The van der Waals surface area contributed by atoms with E-state index in [0.29, 0.717) is 5.75 Å². The summed E-state index contributed by atoms with van der Waals surface area (Å²) in [4.78, 5) is 35.5. The van der Waals surface area contributed by atoms with Crippen molar-refractivity contribution >= 4 is 17.8 Å². The second kappa shape index (κ2) is 9.96. The van der Waals surface area contributed by atoms with Crippen LogP contribution in [0.4, 0.5) is 4.79 Å². The minimum absolute atomic E-state index is 0.227. The number of urea groups is 1. The molecule has 0 aliphatic heterocycles. The number of amides is 4. The Morgan fingerprint density at radius 3 is 2.21 bits per heavy atom. The number of carbonyl (C=O) groups is 3. The lowest BCUT2D eigenvalue weighted by Gasteiger charge is -2.18. The molecule has 4 amide bonds. The fraction of sp³-hybridized carbons (Fsp3) is 0.250. The van der Waals surface area contributed by atoms with Crippen LogP contribution in [0.3, 0.4) is 0 Å². The molecule has 2 rings (SSSR count). The minimum Gasteiger partial charge on any atom is -0.483 e. The molecule has 0 radical (unpaired) electrons. The third-order valence-corrected chi connectivity index (χ3v) is 4.00. The third kappa shape index (κ3) is 6.31. The van der Waals surface area contributed by atoms with Gasteiger partial charge in [-0.05, 0) is 30.5 Å². The number of nitrogens with two attached hydrogens (primary N) is 1. The molecule has 0 saturated carbocycles. The Kier molecular flexibility index (Phi) is 7.38. The van der Waals surface area contributed by atoms with Crippen molar-refractivity contribution in [3.05, 3.63) is 65.2 Å². The topological polar surface area (TPSA) is 123 Å². The predicted molar refractivity (Wildman–Crippen MR) is 104 cm³/mol. The fourth-order valence-electron chi connectivity index (χ4n) is 2.65. The van der Waals surface area contributed by atoms with E-state index >= 15 is 0 Å². The fourth-order valence-corrected chi connectivity index (χ4v) is 2.65. The van der Waals surface area contributed by atoms with E-state index in [-0.39, 0.29) is 13.0 Å². The summed E-state index contributed by atoms with van der Waals surface area (Å²) in [6, 6.07) is 13.0. The SMILES string of the molecule is Cc1cccc(C)c1OCC(=O)NNC(=O)C(Cc1ccccc1)NC(N)=O. The molecule has 0 fully saturated rings. The molecule has 8 nitrogen and oxygen atoms in total. The maximum atomic E-state index is 12.3. The standard InChI is InChI=1S/C20H24N4O4/c1-13-7-6-8-14(2)18(13)28-12-17(25)23-24-19(26)16(22-20(21)27)11-15-9-4-3-5-10-15/h3-10,16H,11-12H2,1-2H3,(H,23,25)(H,24,26)(H3,21,22,27). The zero-order chi connectivity index (χ0) is 20.5. The van der Waals surface area contributed by atoms with Crippen LogP contribution in [-0.2, 0) is 16.0 Å². The lowest BCUT2D eigenvalue weighted by Crippen LogP contribution is -2.54. The molecule has 0 aliphatic rings. The van der Waals surface area contributed by atoms with Crippen LogP contribution in [0, 0.1) is 13.8 Å². The molecule has 148 valence electrons. The molecule has 8 heteroatoms. The molecule has 0 spiro atoms. The van der Waals surface area contributed by atoms with Crippen LogP contribution in [-0.4, -0.2) is 30.5 Å². The summed E-state index contributed by atoms with van der Waals surface area (Å²) < 4.78 is 5.53. The largest absolute Gasteiger partial charge is 0.483 e. The van der Waals surface area contributed by atoms with Gasteiger partial charge in [-0.3, -0.25) is 20.4 Å². The van der Waals surface area contributed by atoms with E-state index in [0.717, 1.165) is 16.7 Å². The zero-order valence-electron chi connectivity index (χ0n) is 15.8. The van der Waals surface area contributed by atoms with Crippen molar-refractivity contribution in [2.24, 2.45) is 5.73 Å². The van der Waals surface area contributed by atoms with Crippen molar-refractivity contribution in [1.29, 1.82) is 0 Å². The summed E-state index contributed by atoms with van der Waals surface area (Å²) >= 11 is 0. The summed E-state index contributed by atoms with van der Waals surface area (Å²) in [5.41, 5.74) is 12.4. The summed E-state index contributed by atoms with van der Waals surface area (Å²) in [5.74, 6) is -0.502. The maximum Gasteiger partial charge on any atom is 0.312 e. The predicted octanol–water partition coefficient (Wildman–Crippen LogP) is 1.11. The van der Waals surface area contributed by atoms with E-state index in [4.69, 9.17) is 10.5 Å². The zero-order valence-corrected chi connectivity index (χ0v) is 15.8. The number of rotatable bonds is 7. The van der Waals surface area contributed by atoms with Crippen LogP contribution < -0.4 is 26.6 Å². The van der Waals surface area contributed by atoms with E-state index in [1.165, 1.54) is 0 Å². The number of ether oxygens (including phenoxy) is 1. The minimum atomic E-state index is -0.931.